The molecular formula is C29H29N7O2. The quantitative estimate of drug-likeness (QED) is 0.264. The second kappa shape index (κ2) is 10.7. The largest absolute Gasteiger partial charge is 0.478 e. The van der Waals surface area contributed by atoms with Gasteiger partial charge in [-0.1, -0.05) is 49.4 Å². The molecule has 5 aromatic rings. The zero-order chi connectivity index (χ0) is 26.6. The van der Waals surface area contributed by atoms with E-state index in [1.54, 1.807) is 6.08 Å². The first-order valence-corrected chi connectivity index (χ1v) is 12.5. The van der Waals surface area contributed by atoms with Crippen LogP contribution in [0.25, 0.3) is 34.4 Å². The van der Waals surface area contributed by atoms with Gasteiger partial charge in [0.2, 0.25) is 5.82 Å². The summed E-state index contributed by atoms with van der Waals surface area (Å²) in [5.74, 6) is 1.13. The third-order valence-corrected chi connectivity index (χ3v) is 6.50. The Bertz CT molecular complexity index is 1580. The Kier molecular flexibility index (Phi) is 6.99. The molecule has 2 N–H and O–H groups in total. The molecule has 9 nitrogen and oxygen atoms in total. The Balaban J connectivity index is 1.66. The van der Waals surface area contributed by atoms with Gasteiger partial charge in [0.15, 0.2) is 5.82 Å². The highest BCUT2D eigenvalue weighted by Crippen LogP contribution is 2.32. The van der Waals surface area contributed by atoms with E-state index in [-0.39, 0.29) is 0 Å². The van der Waals surface area contributed by atoms with Crippen LogP contribution in [0.4, 0.5) is 0 Å². The first kappa shape index (κ1) is 24.9. The summed E-state index contributed by atoms with van der Waals surface area (Å²) >= 11 is 0. The summed E-state index contributed by atoms with van der Waals surface area (Å²) in [7, 11) is 0. The number of carboxylic acids is 1. The van der Waals surface area contributed by atoms with Crippen molar-refractivity contribution in [3.8, 4) is 28.3 Å². The molecule has 0 fully saturated rings. The molecule has 3 aromatic heterocycles. The van der Waals surface area contributed by atoms with Gasteiger partial charge in [-0.2, -0.15) is 5.21 Å². The fourth-order valence-corrected chi connectivity index (χ4v) is 4.78. The third-order valence-electron chi connectivity index (χ3n) is 6.50. The molecule has 0 aliphatic rings. The fourth-order valence-electron chi connectivity index (χ4n) is 4.78. The minimum Gasteiger partial charge on any atom is -0.478 e. The Labute approximate surface area is 220 Å². The number of hydrogen-bond acceptors (Lipinski definition) is 5. The molecule has 0 amide bonds. The molecule has 0 saturated carbocycles. The van der Waals surface area contributed by atoms with Crippen LogP contribution in [0.5, 0.6) is 0 Å². The highest BCUT2D eigenvalue weighted by atomic mass is 16.4. The van der Waals surface area contributed by atoms with Crippen LogP contribution in [0.2, 0.25) is 0 Å². The smallest absolute Gasteiger partial charge is 0.328 e. The highest BCUT2D eigenvalue weighted by molar-refractivity contribution is 5.85. The lowest BCUT2D eigenvalue weighted by Gasteiger charge is -2.14. The number of H-pyrrole nitrogens is 1. The zero-order valence-electron chi connectivity index (χ0n) is 21.6. The van der Waals surface area contributed by atoms with Crippen LogP contribution in [-0.4, -0.2) is 45.8 Å². The number of imidazole rings is 1. The number of carbonyl (C=O) groups is 1. The van der Waals surface area contributed by atoms with Crippen molar-refractivity contribution in [3.05, 3.63) is 95.2 Å². The van der Waals surface area contributed by atoms with E-state index in [0.717, 1.165) is 63.8 Å². The lowest BCUT2D eigenvalue weighted by molar-refractivity contribution is -0.131. The van der Waals surface area contributed by atoms with Crippen molar-refractivity contribution in [3.63, 3.8) is 0 Å². The van der Waals surface area contributed by atoms with Crippen molar-refractivity contribution in [2.24, 2.45) is 0 Å². The number of rotatable bonds is 9. The van der Waals surface area contributed by atoms with E-state index in [9.17, 15) is 9.90 Å². The SMILES string of the molecule is CCCc1nc(-n2c(C)ccc2C)c(C=CC(=O)O)n1Cc1ccc(-c2ccccc2)c(-c2nn[nH]n2)c1. The average molecular weight is 508 g/mol. The van der Waals surface area contributed by atoms with Crippen LogP contribution >= 0.6 is 0 Å². The topological polar surface area (TPSA) is 115 Å². The van der Waals surface area contributed by atoms with Gasteiger partial charge in [0.1, 0.15) is 5.82 Å². The highest BCUT2D eigenvalue weighted by Gasteiger charge is 2.20. The minimum atomic E-state index is -1.01. The molecule has 0 bridgehead atoms. The van der Waals surface area contributed by atoms with Crippen LogP contribution in [0.15, 0.2) is 66.7 Å². The number of tetrazole rings is 1. The van der Waals surface area contributed by atoms with Crippen molar-refractivity contribution in [2.75, 3.05) is 0 Å². The summed E-state index contributed by atoms with van der Waals surface area (Å²) in [6, 6.07) is 20.4. The second-order valence-corrected chi connectivity index (χ2v) is 9.18. The molecular weight excluding hydrogens is 478 g/mol. The number of nitrogens with one attached hydrogen (secondary N) is 1. The van der Waals surface area contributed by atoms with Crippen LogP contribution in [0.1, 0.15) is 41.8 Å². The molecule has 0 unspecified atom stereocenters. The van der Waals surface area contributed by atoms with E-state index in [4.69, 9.17) is 4.98 Å². The van der Waals surface area contributed by atoms with Gasteiger partial charge in [-0.3, -0.25) is 0 Å². The fraction of sp³-hybridized carbons (Fsp3) is 0.207. The maximum absolute atomic E-state index is 11.5. The third kappa shape index (κ3) is 4.90. The molecule has 0 atom stereocenters. The predicted molar refractivity (Wildman–Crippen MR) is 146 cm³/mol. The summed E-state index contributed by atoms with van der Waals surface area (Å²) in [6.07, 6.45) is 4.47. The molecule has 0 aliphatic heterocycles. The van der Waals surface area contributed by atoms with Gasteiger partial charge in [0.25, 0.3) is 0 Å². The molecule has 0 radical (unpaired) electrons. The lowest BCUT2D eigenvalue weighted by Crippen LogP contribution is -2.08. The molecule has 9 heteroatoms. The molecule has 3 heterocycles. The summed E-state index contributed by atoms with van der Waals surface area (Å²) < 4.78 is 4.18. The molecule has 5 rings (SSSR count). The standard InChI is InChI=1S/C29H29N7O2/c1-4-8-26-30-29(36-19(2)11-12-20(36)3)25(15-16-27(37)38)35(26)18-21-13-14-23(22-9-6-5-7-10-22)24(17-21)28-31-33-34-32-28/h5-7,9-17H,4,8,18H2,1-3H3,(H,37,38)(H,31,32,33,34). The first-order valence-electron chi connectivity index (χ1n) is 12.5. The van der Waals surface area contributed by atoms with Crippen molar-refractivity contribution in [1.82, 2.24) is 34.7 Å². The predicted octanol–water partition coefficient (Wildman–Crippen LogP) is 5.24. The van der Waals surface area contributed by atoms with Crippen LogP contribution < -0.4 is 0 Å². The van der Waals surface area contributed by atoms with Gasteiger partial charge in [-0.25, -0.2) is 9.78 Å². The summed E-state index contributed by atoms with van der Waals surface area (Å²) in [5.41, 5.74) is 6.74. The van der Waals surface area contributed by atoms with E-state index < -0.39 is 5.97 Å². The van der Waals surface area contributed by atoms with Crippen molar-refractivity contribution >= 4 is 12.0 Å². The minimum absolute atomic E-state index is 0.501. The number of aromatic amines is 1. The maximum atomic E-state index is 11.5. The molecule has 0 spiro atoms. The zero-order valence-corrected chi connectivity index (χ0v) is 21.6. The average Bonchev–Trinajstić information content (AvgIpc) is 3.64. The summed E-state index contributed by atoms with van der Waals surface area (Å²) in [4.78, 5) is 16.5. The number of nitrogens with zero attached hydrogens (tertiary/aromatic N) is 6. The second-order valence-electron chi connectivity index (χ2n) is 9.18. The van der Waals surface area contributed by atoms with Crippen molar-refractivity contribution < 1.29 is 9.90 Å². The van der Waals surface area contributed by atoms with Gasteiger partial charge in [-0.05, 0) is 66.4 Å². The van der Waals surface area contributed by atoms with Crippen molar-refractivity contribution in [2.45, 2.75) is 40.2 Å². The van der Waals surface area contributed by atoms with Crippen LogP contribution in [0.3, 0.4) is 0 Å². The number of carboxylic acid groups (broad SMARTS) is 1. The molecule has 192 valence electrons. The number of aryl methyl sites for hydroxylation is 3. The number of aromatic nitrogens is 7. The van der Waals surface area contributed by atoms with Gasteiger partial charge in [0, 0.05) is 36.0 Å². The van der Waals surface area contributed by atoms with E-state index in [1.807, 2.05) is 44.2 Å². The van der Waals surface area contributed by atoms with Crippen molar-refractivity contribution in [1.29, 1.82) is 0 Å². The Morgan fingerprint density at radius 3 is 2.45 bits per heavy atom. The lowest BCUT2D eigenvalue weighted by atomic mass is 9.97. The van der Waals surface area contributed by atoms with Crippen LogP contribution in [-0.2, 0) is 17.8 Å². The summed E-state index contributed by atoms with van der Waals surface area (Å²) in [5, 5.41) is 24.2. The number of benzene rings is 2. The van der Waals surface area contributed by atoms with E-state index >= 15 is 0 Å². The summed E-state index contributed by atoms with van der Waals surface area (Å²) in [6.45, 7) is 6.66. The molecule has 0 aliphatic carbocycles. The van der Waals surface area contributed by atoms with Gasteiger partial charge < -0.3 is 14.2 Å². The molecule has 38 heavy (non-hydrogen) atoms. The van der Waals surface area contributed by atoms with E-state index in [0.29, 0.717) is 12.4 Å². The van der Waals surface area contributed by atoms with E-state index in [2.05, 4.69) is 67.0 Å². The van der Waals surface area contributed by atoms with Gasteiger partial charge in [0.05, 0.1) is 5.69 Å². The monoisotopic (exact) mass is 507 g/mol. The maximum Gasteiger partial charge on any atom is 0.328 e. The first-order chi connectivity index (χ1) is 18.5. The van der Waals surface area contributed by atoms with Gasteiger partial charge in [-0.15, -0.1) is 10.2 Å². The Hall–Kier alpha value is -4.79. The van der Waals surface area contributed by atoms with E-state index in [1.165, 1.54) is 6.08 Å². The number of aliphatic carboxylic acids is 1. The van der Waals surface area contributed by atoms with Gasteiger partial charge >= 0.3 is 5.97 Å². The number of hydrogen-bond donors (Lipinski definition) is 2. The molecule has 2 aromatic carbocycles. The normalized spacial score (nSPS) is 11.4. The Morgan fingerprint density at radius 1 is 1.03 bits per heavy atom. The Morgan fingerprint density at radius 2 is 1.79 bits per heavy atom. The molecule has 0 saturated heterocycles. The van der Waals surface area contributed by atoms with Crippen LogP contribution in [0, 0.1) is 13.8 Å².